The first-order chi connectivity index (χ1) is 13.2. The van der Waals surface area contributed by atoms with Crippen molar-refractivity contribution in [2.24, 2.45) is 5.92 Å². The van der Waals surface area contributed by atoms with E-state index in [0.717, 1.165) is 12.8 Å². The smallest absolute Gasteiger partial charge is 0.277 e. The molecule has 7 nitrogen and oxygen atoms in total. The van der Waals surface area contributed by atoms with Crippen molar-refractivity contribution < 1.29 is 9.53 Å². The zero-order chi connectivity index (χ0) is 18.8. The highest BCUT2D eigenvalue weighted by molar-refractivity contribution is 5.97. The lowest BCUT2D eigenvalue weighted by Crippen LogP contribution is -2.11. The summed E-state index contributed by atoms with van der Waals surface area (Å²) < 4.78 is 5.74. The first-order valence-electron chi connectivity index (χ1n) is 9.39. The summed E-state index contributed by atoms with van der Waals surface area (Å²) in [6, 6.07) is 5.32. The number of hydrogen-bond acceptors (Lipinski definition) is 5. The minimum atomic E-state index is -0.295. The van der Waals surface area contributed by atoms with Gasteiger partial charge in [0.1, 0.15) is 11.6 Å². The van der Waals surface area contributed by atoms with Crippen LogP contribution in [0.1, 0.15) is 49.4 Å². The number of hydrogen-bond donors (Lipinski definition) is 2. The second-order valence-electron chi connectivity index (χ2n) is 6.94. The number of ether oxygens (including phenoxy) is 1. The van der Waals surface area contributed by atoms with E-state index < -0.39 is 0 Å². The maximum Gasteiger partial charge on any atom is 0.277 e. The predicted octanol–water partition coefficient (Wildman–Crippen LogP) is 3.47. The van der Waals surface area contributed by atoms with Crippen molar-refractivity contribution in [1.82, 2.24) is 19.9 Å². The molecule has 0 bridgehead atoms. The maximum atomic E-state index is 12.7. The molecule has 0 radical (unpaired) electrons. The quantitative estimate of drug-likeness (QED) is 0.651. The molecular weight excluding hydrogens is 344 g/mol. The summed E-state index contributed by atoms with van der Waals surface area (Å²) in [5.41, 5.74) is 1.66. The van der Waals surface area contributed by atoms with Gasteiger partial charge in [0.2, 0.25) is 0 Å². The molecule has 1 fully saturated rings. The molecular formula is C20H22N4O3. The number of fused-ring (bicyclic) bond motifs is 1. The lowest BCUT2D eigenvalue weighted by molar-refractivity contribution is 0.0961. The van der Waals surface area contributed by atoms with E-state index in [4.69, 9.17) is 4.74 Å². The van der Waals surface area contributed by atoms with Crippen molar-refractivity contribution in [2.75, 3.05) is 6.61 Å². The number of benzene rings is 1. The molecule has 0 amide bonds. The zero-order valence-corrected chi connectivity index (χ0v) is 15.2. The van der Waals surface area contributed by atoms with E-state index in [1.807, 2.05) is 6.92 Å². The molecule has 1 aliphatic rings. The normalized spacial score (nSPS) is 14.7. The van der Waals surface area contributed by atoms with Crippen LogP contribution in [0.25, 0.3) is 22.6 Å². The topological polar surface area (TPSA) is 101 Å². The van der Waals surface area contributed by atoms with Crippen LogP contribution in [0.15, 0.2) is 29.3 Å². The number of Topliss-reactive ketones (excluding diaryl/α,β-unsaturated/α-hetero) is 1. The van der Waals surface area contributed by atoms with Crippen LogP contribution < -0.4 is 10.3 Å². The number of aromatic amines is 2. The van der Waals surface area contributed by atoms with Crippen molar-refractivity contribution in [3.05, 3.63) is 40.4 Å². The second kappa shape index (κ2) is 7.34. The molecule has 3 aromatic rings. The first-order valence-corrected chi connectivity index (χ1v) is 9.39. The molecule has 1 aliphatic carbocycles. The molecule has 7 heteroatoms. The van der Waals surface area contributed by atoms with Crippen LogP contribution in [-0.2, 0) is 0 Å². The van der Waals surface area contributed by atoms with Gasteiger partial charge in [-0.3, -0.25) is 9.59 Å². The number of carbonyl (C=O) groups is 1. The molecule has 2 aromatic heterocycles. The van der Waals surface area contributed by atoms with Crippen LogP contribution in [0, 0.1) is 5.92 Å². The predicted molar refractivity (Wildman–Crippen MR) is 102 cm³/mol. The number of aromatic nitrogens is 4. The second-order valence-corrected chi connectivity index (χ2v) is 6.94. The van der Waals surface area contributed by atoms with Crippen molar-refractivity contribution in [3.63, 3.8) is 0 Å². The summed E-state index contributed by atoms with van der Waals surface area (Å²) in [6.07, 6.45) is 6.73. The van der Waals surface area contributed by atoms with E-state index in [-0.39, 0.29) is 11.3 Å². The Bertz CT molecular complexity index is 1030. The Balaban J connectivity index is 1.69. The minimum absolute atomic E-state index is 0.138. The molecule has 2 N–H and O–H groups in total. The fourth-order valence-corrected chi connectivity index (χ4v) is 3.73. The van der Waals surface area contributed by atoms with Gasteiger partial charge in [-0.25, -0.2) is 9.97 Å². The van der Waals surface area contributed by atoms with Gasteiger partial charge < -0.3 is 14.7 Å². The lowest BCUT2D eigenvalue weighted by Gasteiger charge is -2.13. The van der Waals surface area contributed by atoms with E-state index in [0.29, 0.717) is 52.8 Å². The number of ketones is 1. The fourth-order valence-electron chi connectivity index (χ4n) is 3.73. The number of imidazole rings is 1. The largest absolute Gasteiger partial charge is 0.493 e. The van der Waals surface area contributed by atoms with E-state index in [9.17, 15) is 9.59 Å². The zero-order valence-electron chi connectivity index (χ0n) is 15.2. The average molecular weight is 366 g/mol. The highest BCUT2D eigenvalue weighted by Crippen LogP contribution is 2.32. The minimum Gasteiger partial charge on any atom is -0.493 e. The van der Waals surface area contributed by atoms with Crippen LogP contribution in [0.2, 0.25) is 0 Å². The van der Waals surface area contributed by atoms with Gasteiger partial charge in [0.15, 0.2) is 16.9 Å². The third-order valence-electron chi connectivity index (χ3n) is 5.10. The Hall–Kier alpha value is -2.96. The van der Waals surface area contributed by atoms with Gasteiger partial charge in [-0.15, -0.1) is 0 Å². The van der Waals surface area contributed by atoms with Gasteiger partial charge in [0, 0.05) is 12.0 Å². The summed E-state index contributed by atoms with van der Waals surface area (Å²) in [4.78, 5) is 38.9. The number of carbonyl (C=O) groups excluding carboxylic acids is 1. The van der Waals surface area contributed by atoms with Gasteiger partial charge >= 0.3 is 0 Å². The van der Waals surface area contributed by atoms with E-state index in [1.165, 1.54) is 19.2 Å². The van der Waals surface area contributed by atoms with E-state index in [2.05, 4.69) is 19.9 Å². The van der Waals surface area contributed by atoms with Crippen molar-refractivity contribution in [2.45, 2.75) is 39.0 Å². The van der Waals surface area contributed by atoms with Crippen LogP contribution in [0.4, 0.5) is 0 Å². The molecule has 140 valence electrons. The first kappa shape index (κ1) is 17.5. The van der Waals surface area contributed by atoms with Crippen LogP contribution in [0.5, 0.6) is 5.75 Å². The molecule has 2 heterocycles. The lowest BCUT2D eigenvalue weighted by atomic mass is 9.96. The number of H-pyrrole nitrogens is 2. The monoisotopic (exact) mass is 366 g/mol. The van der Waals surface area contributed by atoms with Gasteiger partial charge in [-0.2, -0.15) is 0 Å². The Labute approximate surface area is 156 Å². The van der Waals surface area contributed by atoms with Crippen molar-refractivity contribution in [3.8, 4) is 17.1 Å². The van der Waals surface area contributed by atoms with Gasteiger partial charge in [-0.05, 0) is 25.0 Å². The van der Waals surface area contributed by atoms with Crippen LogP contribution in [-0.4, -0.2) is 32.3 Å². The SMILES string of the molecule is CCOc1cc(C(=O)CC2CCCC2)ccc1-c1nc2nc[nH]c2c(=O)[nH]1. The van der Waals surface area contributed by atoms with Crippen molar-refractivity contribution in [1.29, 1.82) is 0 Å². The van der Waals surface area contributed by atoms with Gasteiger partial charge in [0.05, 0.1) is 18.5 Å². The highest BCUT2D eigenvalue weighted by Gasteiger charge is 2.21. The number of rotatable bonds is 6. The van der Waals surface area contributed by atoms with Gasteiger partial charge in [0.25, 0.3) is 5.56 Å². The molecule has 0 spiro atoms. The molecule has 27 heavy (non-hydrogen) atoms. The number of nitrogens with zero attached hydrogens (tertiary/aromatic N) is 2. The summed E-state index contributed by atoms with van der Waals surface area (Å²) in [7, 11) is 0. The van der Waals surface area contributed by atoms with Crippen molar-refractivity contribution >= 4 is 16.9 Å². The van der Waals surface area contributed by atoms with Gasteiger partial charge in [-0.1, -0.05) is 31.7 Å². The molecule has 0 saturated heterocycles. The van der Waals surface area contributed by atoms with Crippen LogP contribution >= 0.6 is 0 Å². The third kappa shape index (κ3) is 3.49. The fraction of sp³-hybridized carbons (Fsp3) is 0.400. The molecule has 4 rings (SSSR count). The summed E-state index contributed by atoms with van der Waals surface area (Å²) in [6.45, 7) is 2.33. The average Bonchev–Trinajstić information content (AvgIpc) is 3.33. The summed E-state index contributed by atoms with van der Waals surface area (Å²) >= 11 is 0. The molecule has 0 atom stereocenters. The Morgan fingerprint density at radius 1 is 1.30 bits per heavy atom. The number of nitrogens with one attached hydrogen (secondary N) is 2. The Morgan fingerprint density at radius 2 is 2.11 bits per heavy atom. The highest BCUT2D eigenvalue weighted by atomic mass is 16.5. The Morgan fingerprint density at radius 3 is 2.89 bits per heavy atom. The summed E-state index contributed by atoms with van der Waals surface area (Å²) in [5.74, 6) is 1.54. The van der Waals surface area contributed by atoms with E-state index in [1.54, 1.807) is 18.2 Å². The maximum absolute atomic E-state index is 12.7. The van der Waals surface area contributed by atoms with E-state index >= 15 is 0 Å². The molecule has 0 aliphatic heterocycles. The standard InChI is InChI=1S/C20H22N4O3/c1-2-27-16-10-13(15(25)9-12-5-3-4-6-12)7-8-14(16)18-23-19-17(20(26)24-18)21-11-22-19/h7-8,10-12H,2-6,9H2,1H3,(H2,21,22,23,24,26). The summed E-state index contributed by atoms with van der Waals surface area (Å²) in [5, 5.41) is 0. The molecule has 0 unspecified atom stereocenters. The van der Waals surface area contributed by atoms with Crippen LogP contribution in [0.3, 0.4) is 0 Å². The molecule has 1 aromatic carbocycles. The Kier molecular flexibility index (Phi) is 4.75. The third-order valence-corrected chi connectivity index (χ3v) is 5.10. The molecule has 1 saturated carbocycles.